The monoisotopic (exact) mass is 638 g/mol. The van der Waals surface area contributed by atoms with Crippen molar-refractivity contribution in [2.45, 2.75) is 112 Å². The van der Waals surface area contributed by atoms with Crippen LogP contribution in [0.1, 0.15) is 99.8 Å². The summed E-state index contributed by atoms with van der Waals surface area (Å²) < 4.78 is 6.43. The van der Waals surface area contributed by atoms with Crippen LogP contribution in [-0.4, -0.2) is 51.5 Å². The number of ether oxygens (including phenoxy) is 1. The Morgan fingerprint density at radius 1 is 0.936 bits per heavy atom. The van der Waals surface area contributed by atoms with Crippen molar-refractivity contribution in [3.8, 4) is 0 Å². The summed E-state index contributed by atoms with van der Waals surface area (Å²) in [4.78, 5) is 15.5. The first-order valence-electron chi connectivity index (χ1n) is 17.5. The van der Waals surface area contributed by atoms with Gasteiger partial charge in [-0.1, -0.05) is 40.0 Å². The number of nitrogens with zero attached hydrogens (tertiary/aromatic N) is 3. The van der Waals surface area contributed by atoms with Gasteiger partial charge in [-0.3, -0.25) is 0 Å². The first-order chi connectivity index (χ1) is 22.5. The van der Waals surface area contributed by atoms with Crippen LogP contribution in [0.15, 0.2) is 106 Å². The summed E-state index contributed by atoms with van der Waals surface area (Å²) in [7, 11) is 0. The standard InChI is InChI=1S/C39H50N4O4/c1-8-10-11-12-15-47-24(7)36-22(5)30-17-29-21(4)26(13-14-35(45)46)38(42-29)27-16-34(44)37-23(6)31(43-39(27)37)18-32-25(9-2)20(3)28(40-32)19-33(36)41-30/h17-19,21,24,26,35,42,44-46H,8-16H2,1-7H3/t21?,24?,26-/m0/s1. The van der Waals surface area contributed by atoms with Crippen LogP contribution in [0.25, 0.3) is 0 Å². The summed E-state index contributed by atoms with van der Waals surface area (Å²) in [5.41, 5.74) is 14.4. The molecule has 0 aromatic rings. The van der Waals surface area contributed by atoms with Gasteiger partial charge in [0.25, 0.3) is 0 Å². The molecule has 0 amide bonds. The Labute approximate surface area is 279 Å². The van der Waals surface area contributed by atoms with Crippen LogP contribution in [0.4, 0.5) is 0 Å². The minimum atomic E-state index is -1.39. The van der Waals surface area contributed by atoms with E-state index in [1.807, 2.05) is 6.92 Å². The fourth-order valence-corrected chi connectivity index (χ4v) is 7.84. The van der Waals surface area contributed by atoms with Gasteiger partial charge in [0.05, 0.1) is 40.3 Å². The third-order valence-electron chi connectivity index (χ3n) is 10.6. The van der Waals surface area contributed by atoms with Crippen LogP contribution in [0.3, 0.4) is 0 Å². The molecule has 6 aliphatic rings. The van der Waals surface area contributed by atoms with E-state index >= 15 is 0 Å². The molecule has 0 aromatic carbocycles. The molecule has 5 aliphatic heterocycles. The molecule has 8 nitrogen and oxygen atoms in total. The summed E-state index contributed by atoms with van der Waals surface area (Å²) in [6.45, 7) is 15.7. The molecule has 0 saturated carbocycles. The van der Waals surface area contributed by atoms with Crippen molar-refractivity contribution in [2.24, 2.45) is 26.8 Å². The number of rotatable bonds is 11. The molecule has 2 unspecified atom stereocenters. The zero-order valence-electron chi connectivity index (χ0n) is 29.0. The molecule has 0 aromatic heterocycles. The predicted molar refractivity (Wildman–Crippen MR) is 189 cm³/mol. The zero-order chi connectivity index (χ0) is 33.6. The molecule has 6 rings (SSSR count). The summed E-state index contributed by atoms with van der Waals surface area (Å²) in [5.74, 6) is 0.382. The van der Waals surface area contributed by atoms with Gasteiger partial charge in [-0.2, -0.15) is 0 Å². The number of allylic oxidation sites excluding steroid dienone is 11. The zero-order valence-corrected chi connectivity index (χ0v) is 29.0. The van der Waals surface area contributed by atoms with Gasteiger partial charge in [-0.15, -0.1) is 0 Å². The Morgan fingerprint density at radius 3 is 2.40 bits per heavy atom. The van der Waals surface area contributed by atoms with Crippen LogP contribution in [-0.2, 0) is 4.74 Å². The average molecular weight is 639 g/mol. The number of aliphatic imine (C=N–C) groups is 3. The second-order valence-corrected chi connectivity index (χ2v) is 13.7. The first-order valence-corrected chi connectivity index (χ1v) is 17.5. The predicted octanol–water partition coefficient (Wildman–Crippen LogP) is 7.73. The van der Waals surface area contributed by atoms with Gasteiger partial charge in [-0.25, -0.2) is 15.0 Å². The number of hydrogen-bond donors (Lipinski definition) is 4. The Bertz CT molecular complexity index is 1720. The highest BCUT2D eigenvalue weighted by Gasteiger charge is 2.41. The normalized spacial score (nSPS) is 24.4. The summed E-state index contributed by atoms with van der Waals surface area (Å²) in [6.07, 6.45) is 11.5. The molecular formula is C39H50N4O4. The van der Waals surface area contributed by atoms with Crippen LogP contribution in [0, 0.1) is 11.8 Å². The molecule has 4 N–H and O–H groups in total. The second-order valence-electron chi connectivity index (χ2n) is 13.7. The van der Waals surface area contributed by atoms with Crippen molar-refractivity contribution < 1.29 is 20.1 Å². The van der Waals surface area contributed by atoms with Gasteiger partial charge in [0.2, 0.25) is 0 Å². The first kappa shape index (κ1) is 33.3. The molecule has 1 aliphatic carbocycles. The lowest BCUT2D eigenvalue weighted by Crippen LogP contribution is -2.16. The Hall–Kier alpha value is -3.59. The number of unbranched alkanes of at least 4 members (excludes halogenated alkanes) is 3. The van der Waals surface area contributed by atoms with Gasteiger partial charge < -0.3 is 25.4 Å². The molecule has 8 bridgehead atoms. The van der Waals surface area contributed by atoms with Crippen molar-refractivity contribution >= 4 is 17.1 Å². The van der Waals surface area contributed by atoms with Crippen molar-refractivity contribution in [1.82, 2.24) is 5.32 Å². The van der Waals surface area contributed by atoms with Crippen LogP contribution in [0.5, 0.6) is 0 Å². The van der Waals surface area contributed by atoms with Gasteiger partial charge in [0, 0.05) is 53.0 Å². The maximum absolute atomic E-state index is 11.3. The average Bonchev–Trinajstić information content (AvgIpc) is 3.78. The largest absolute Gasteiger partial charge is 0.511 e. The lowest BCUT2D eigenvalue weighted by molar-refractivity contribution is -0.0486. The van der Waals surface area contributed by atoms with Crippen molar-refractivity contribution in [3.63, 3.8) is 0 Å². The smallest absolute Gasteiger partial charge is 0.151 e. The maximum atomic E-state index is 11.3. The fraction of sp³-hybridized carbons (Fsp3) is 0.513. The van der Waals surface area contributed by atoms with E-state index in [1.165, 1.54) is 24.8 Å². The SMILES string of the molecule is CCCCCCOC(C)C1=C(C)C2=NC1=CC1=NC(=CC3=C(C)C4=C(O)CC(=C5NC(=C2)C(C)[C@@H]5CCC(O)O)C4=N3)C(CC)=C1C. The molecule has 47 heavy (non-hydrogen) atoms. The Kier molecular flexibility index (Phi) is 9.57. The lowest BCUT2D eigenvalue weighted by Gasteiger charge is -2.18. The Balaban J connectivity index is 1.51. The summed E-state index contributed by atoms with van der Waals surface area (Å²) in [5, 5.41) is 34.6. The molecule has 1 fully saturated rings. The van der Waals surface area contributed by atoms with Gasteiger partial charge in [-0.05, 0) is 93.9 Å². The van der Waals surface area contributed by atoms with E-state index in [-0.39, 0.29) is 24.4 Å². The summed E-state index contributed by atoms with van der Waals surface area (Å²) in [6, 6.07) is 0. The lowest BCUT2D eigenvalue weighted by atomic mass is 9.86. The van der Waals surface area contributed by atoms with E-state index in [0.717, 1.165) is 91.9 Å². The quantitative estimate of drug-likeness (QED) is 0.136. The second kappa shape index (κ2) is 13.5. The van der Waals surface area contributed by atoms with Crippen LogP contribution >= 0.6 is 0 Å². The highest BCUT2D eigenvalue weighted by molar-refractivity contribution is 6.21. The number of nitrogens with one attached hydrogen (secondary N) is 1. The molecular weight excluding hydrogens is 588 g/mol. The summed E-state index contributed by atoms with van der Waals surface area (Å²) >= 11 is 0. The van der Waals surface area contributed by atoms with Gasteiger partial charge in [0.1, 0.15) is 5.76 Å². The highest BCUT2D eigenvalue weighted by Crippen LogP contribution is 2.46. The van der Waals surface area contributed by atoms with Gasteiger partial charge in [0.15, 0.2) is 6.29 Å². The van der Waals surface area contributed by atoms with E-state index in [1.54, 1.807) is 0 Å². The maximum Gasteiger partial charge on any atom is 0.151 e. The fourth-order valence-electron chi connectivity index (χ4n) is 7.84. The van der Waals surface area contributed by atoms with E-state index in [4.69, 9.17) is 19.7 Å². The molecule has 0 radical (unpaired) electrons. The molecule has 8 heteroatoms. The third kappa shape index (κ3) is 6.12. The van der Waals surface area contributed by atoms with Crippen LogP contribution < -0.4 is 5.32 Å². The minimum Gasteiger partial charge on any atom is -0.511 e. The highest BCUT2D eigenvalue weighted by atomic mass is 16.5. The van der Waals surface area contributed by atoms with Crippen molar-refractivity contribution in [2.75, 3.05) is 6.61 Å². The topological polar surface area (TPSA) is 119 Å². The van der Waals surface area contributed by atoms with Crippen molar-refractivity contribution in [1.29, 1.82) is 0 Å². The van der Waals surface area contributed by atoms with Crippen LogP contribution in [0.2, 0.25) is 0 Å². The molecule has 3 atom stereocenters. The number of fused-ring (bicyclic) bond motifs is 5. The van der Waals surface area contributed by atoms with E-state index < -0.39 is 6.29 Å². The van der Waals surface area contributed by atoms with Crippen molar-refractivity contribution in [3.05, 3.63) is 91.5 Å². The molecule has 5 heterocycles. The number of aliphatic hydroxyl groups excluding tert-OH is 2. The molecule has 250 valence electrons. The van der Waals surface area contributed by atoms with Gasteiger partial charge >= 0.3 is 0 Å². The van der Waals surface area contributed by atoms with E-state index in [2.05, 4.69) is 65.1 Å². The van der Waals surface area contributed by atoms with E-state index in [9.17, 15) is 15.3 Å². The Morgan fingerprint density at radius 2 is 1.68 bits per heavy atom. The third-order valence-corrected chi connectivity index (χ3v) is 10.6. The molecule has 1 saturated heterocycles. The molecule has 0 spiro atoms. The number of aliphatic hydroxyl groups is 3. The minimum absolute atomic E-state index is 0.00344. The van der Waals surface area contributed by atoms with E-state index in [0.29, 0.717) is 25.2 Å². The number of hydrogen-bond acceptors (Lipinski definition) is 8.